The summed E-state index contributed by atoms with van der Waals surface area (Å²) in [5, 5.41) is 6.84. The monoisotopic (exact) mass is 324 g/mol. The lowest BCUT2D eigenvalue weighted by Crippen LogP contribution is -2.26. The van der Waals surface area contributed by atoms with Crippen molar-refractivity contribution in [3.05, 3.63) is 70.6 Å². The molecule has 6 nitrogen and oxygen atoms in total. The number of aryl methyl sites for hydroxylation is 3. The first-order valence-electron chi connectivity index (χ1n) is 7.81. The summed E-state index contributed by atoms with van der Waals surface area (Å²) in [4.78, 5) is 16.7. The third kappa shape index (κ3) is 3.53. The molecule has 1 amide bonds. The number of nitrogens with zero attached hydrogens (tertiary/aromatic N) is 3. The molecule has 6 heteroatoms. The summed E-state index contributed by atoms with van der Waals surface area (Å²) in [6, 6.07) is 9.85. The second-order valence-electron chi connectivity index (χ2n) is 5.86. The number of nitrogens with one attached hydrogen (secondary N) is 1. The van der Waals surface area contributed by atoms with Crippen LogP contribution in [0.15, 0.2) is 41.1 Å². The van der Waals surface area contributed by atoms with Crippen molar-refractivity contribution < 1.29 is 9.32 Å². The molecule has 0 fully saturated rings. The van der Waals surface area contributed by atoms with Crippen molar-refractivity contribution >= 4 is 5.91 Å². The Kier molecular flexibility index (Phi) is 4.46. The Hall–Kier alpha value is -2.89. The van der Waals surface area contributed by atoms with Gasteiger partial charge >= 0.3 is 0 Å². The fourth-order valence-corrected chi connectivity index (χ4v) is 2.57. The van der Waals surface area contributed by atoms with Crippen LogP contribution in [0.25, 0.3) is 0 Å². The summed E-state index contributed by atoms with van der Waals surface area (Å²) in [5.74, 6) is 0.937. The Balaban J connectivity index is 1.69. The van der Waals surface area contributed by atoms with Crippen molar-refractivity contribution in [3.8, 4) is 0 Å². The second kappa shape index (κ2) is 6.70. The van der Waals surface area contributed by atoms with E-state index < -0.39 is 0 Å². The maximum Gasteiger partial charge on any atom is 0.268 e. The van der Waals surface area contributed by atoms with Gasteiger partial charge in [-0.3, -0.25) is 4.79 Å². The highest BCUT2D eigenvalue weighted by molar-refractivity contribution is 5.92. The van der Waals surface area contributed by atoms with Gasteiger partial charge in [-0.05, 0) is 37.1 Å². The van der Waals surface area contributed by atoms with E-state index in [2.05, 4.69) is 33.7 Å². The van der Waals surface area contributed by atoms with Crippen LogP contribution in [0.3, 0.4) is 0 Å². The number of carbonyl (C=O) groups excluding carboxylic acids is 1. The third-order valence-electron chi connectivity index (χ3n) is 3.89. The molecule has 3 aromatic rings. The van der Waals surface area contributed by atoms with Crippen LogP contribution in [0.2, 0.25) is 0 Å². The zero-order chi connectivity index (χ0) is 17.1. The number of rotatable bonds is 5. The standard InChI is InChI=1S/C18H20N4O2/c1-12-6-7-13(2)15(9-12)10-19-18(23)16-5-4-8-22(16)11-17-20-14(3)24-21-17/h4-9H,10-11H2,1-3H3,(H,19,23). The molecule has 124 valence electrons. The van der Waals surface area contributed by atoms with Gasteiger partial charge in [0.05, 0.1) is 6.54 Å². The average molecular weight is 324 g/mol. The van der Waals surface area contributed by atoms with Crippen molar-refractivity contribution in [2.75, 3.05) is 0 Å². The molecule has 0 spiro atoms. The van der Waals surface area contributed by atoms with Crippen LogP contribution in [-0.2, 0) is 13.1 Å². The van der Waals surface area contributed by atoms with Crippen molar-refractivity contribution in [2.24, 2.45) is 0 Å². The molecule has 24 heavy (non-hydrogen) atoms. The van der Waals surface area contributed by atoms with Crippen molar-refractivity contribution in [2.45, 2.75) is 33.9 Å². The topological polar surface area (TPSA) is 73.0 Å². The highest BCUT2D eigenvalue weighted by Gasteiger charge is 2.13. The number of aromatic nitrogens is 3. The van der Waals surface area contributed by atoms with Crippen molar-refractivity contribution in [1.29, 1.82) is 0 Å². The van der Waals surface area contributed by atoms with Crippen molar-refractivity contribution in [1.82, 2.24) is 20.0 Å². The van der Waals surface area contributed by atoms with E-state index in [-0.39, 0.29) is 5.91 Å². The molecule has 2 aromatic heterocycles. The summed E-state index contributed by atoms with van der Waals surface area (Å²) in [5.41, 5.74) is 4.04. The summed E-state index contributed by atoms with van der Waals surface area (Å²) in [6.45, 7) is 6.73. The maximum absolute atomic E-state index is 12.5. The Bertz CT molecular complexity index is 864. The van der Waals surface area contributed by atoms with E-state index in [0.717, 1.165) is 5.56 Å². The molecular weight excluding hydrogens is 304 g/mol. The summed E-state index contributed by atoms with van der Waals surface area (Å²) >= 11 is 0. The molecule has 0 aliphatic rings. The summed E-state index contributed by atoms with van der Waals surface area (Å²) in [6.07, 6.45) is 1.83. The zero-order valence-corrected chi connectivity index (χ0v) is 14.0. The predicted molar refractivity (Wildman–Crippen MR) is 89.7 cm³/mol. The van der Waals surface area contributed by atoms with Gasteiger partial charge in [-0.15, -0.1) is 0 Å². The van der Waals surface area contributed by atoms with Crippen LogP contribution < -0.4 is 5.32 Å². The summed E-state index contributed by atoms with van der Waals surface area (Å²) in [7, 11) is 0. The van der Waals surface area contributed by atoms with E-state index >= 15 is 0 Å². The third-order valence-corrected chi connectivity index (χ3v) is 3.89. The van der Waals surface area contributed by atoms with E-state index in [4.69, 9.17) is 4.52 Å². The van der Waals surface area contributed by atoms with Gasteiger partial charge in [0.25, 0.3) is 5.91 Å². The van der Waals surface area contributed by atoms with E-state index in [1.54, 1.807) is 13.0 Å². The Morgan fingerprint density at radius 3 is 2.83 bits per heavy atom. The molecule has 1 N–H and O–H groups in total. The van der Waals surface area contributed by atoms with Gasteiger partial charge in [0, 0.05) is 19.7 Å². The number of hydrogen-bond donors (Lipinski definition) is 1. The molecule has 1 aromatic carbocycles. The minimum Gasteiger partial charge on any atom is -0.347 e. The second-order valence-corrected chi connectivity index (χ2v) is 5.86. The van der Waals surface area contributed by atoms with Gasteiger partial charge in [0.1, 0.15) is 5.69 Å². The van der Waals surface area contributed by atoms with Crippen LogP contribution in [0.5, 0.6) is 0 Å². The van der Waals surface area contributed by atoms with Crippen LogP contribution >= 0.6 is 0 Å². The molecule has 0 unspecified atom stereocenters. The first-order chi connectivity index (χ1) is 11.5. The molecule has 0 radical (unpaired) electrons. The molecule has 0 saturated heterocycles. The van der Waals surface area contributed by atoms with E-state index in [0.29, 0.717) is 30.5 Å². The highest BCUT2D eigenvalue weighted by Crippen LogP contribution is 2.11. The van der Waals surface area contributed by atoms with Gasteiger partial charge in [0.2, 0.25) is 5.89 Å². The molecule has 0 aliphatic heterocycles. The summed E-state index contributed by atoms with van der Waals surface area (Å²) < 4.78 is 6.78. The lowest BCUT2D eigenvalue weighted by atomic mass is 10.1. The first-order valence-corrected chi connectivity index (χ1v) is 7.81. The maximum atomic E-state index is 12.5. The van der Waals surface area contributed by atoms with Gasteiger partial charge < -0.3 is 14.4 Å². The van der Waals surface area contributed by atoms with Gasteiger partial charge in [-0.25, -0.2) is 0 Å². The van der Waals surface area contributed by atoms with Crippen LogP contribution in [-0.4, -0.2) is 20.6 Å². The van der Waals surface area contributed by atoms with Gasteiger partial charge in [0.15, 0.2) is 5.82 Å². The first kappa shape index (κ1) is 16.0. The minimum atomic E-state index is -0.124. The van der Waals surface area contributed by atoms with Crippen LogP contribution in [0.1, 0.15) is 38.9 Å². The molecule has 0 saturated carbocycles. The normalized spacial score (nSPS) is 10.8. The Morgan fingerprint density at radius 1 is 1.25 bits per heavy atom. The zero-order valence-electron chi connectivity index (χ0n) is 14.0. The Labute approximate surface area is 140 Å². The fourth-order valence-electron chi connectivity index (χ4n) is 2.57. The van der Waals surface area contributed by atoms with Crippen LogP contribution in [0.4, 0.5) is 0 Å². The van der Waals surface area contributed by atoms with Crippen molar-refractivity contribution in [3.63, 3.8) is 0 Å². The molecule has 0 bridgehead atoms. The fraction of sp³-hybridized carbons (Fsp3) is 0.278. The lowest BCUT2D eigenvalue weighted by molar-refractivity contribution is 0.0942. The number of hydrogen-bond acceptors (Lipinski definition) is 4. The lowest BCUT2D eigenvalue weighted by Gasteiger charge is -2.10. The minimum absolute atomic E-state index is 0.124. The molecule has 0 atom stereocenters. The highest BCUT2D eigenvalue weighted by atomic mass is 16.5. The Morgan fingerprint density at radius 2 is 2.08 bits per heavy atom. The van der Waals surface area contributed by atoms with Gasteiger partial charge in [-0.1, -0.05) is 28.9 Å². The SMILES string of the molecule is Cc1ccc(C)c(CNC(=O)c2cccn2Cc2noc(C)n2)c1. The number of amides is 1. The van der Waals surface area contributed by atoms with E-state index in [9.17, 15) is 4.79 Å². The quantitative estimate of drug-likeness (QED) is 0.783. The molecule has 3 rings (SSSR count). The predicted octanol–water partition coefficient (Wildman–Crippen LogP) is 2.77. The van der Waals surface area contributed by atoms with Gasteiger partial charge in [-0.2, -0.15) is 4.98 Å². The molecule has 0 aliphatic carbocycles. The van der Waals surface area contributed by atoms with E-state index in [1.807, 2.05) is 30.7 Å². The smallest absolute Gasteiger partial charge is 0.268 e. The number of benzene rings is 1. The van der Waals surface area contributed by atoms with E-state index in [1.165, 1.54) is 11.1 Å². The largest absolute Gasteiger partial charge is 0.347 e. The van der Waals surface area contributed by atoms with Crippen LogP contribution in [0, 0.1) is 20.8 Å². The average Bonchev–Trinajstić information content (AvgIpc) is 3.17. The molecular formula is C18H20N4O2. The number of carbonyl (C=O) groups is 1. The molecule has 2 heterocycles.